The van der Waals surface area contributed by atoms with Crippen LogP contribution in [0.5, 0.6) is 0 Å². The molecule has 0 aromatic carbocycles. The average Bonchev–Trinajstić information content (AvgIpc) is 3.01. The van der Waals surface area contributed by atoms with E-state index in [4.69, 9.17) is 37.0 Å². The molecular formula is C71H138O17P2. The zero-order valence-corrected chi connectivity index (χ0v) is 60.4. The number of carbonyl (C=O) groups excluding carboxylic acids is 4. The van der Waals surface area contributed by atoms with Crippen molar-refractivity contribution in [2.45, 2.75) is 375 Å². The Morgan fingerprint density at radius 2 is 0.511 bits per heavy atom. The van der Waals surface area contributed by atoms with Crippen molar-refractivity contribution in [1.82, 2.24) is 0 Å². The monoisotopic (exact) mass is 1320 g/mol. The number of phosphoric ester groups is 2. The van der Waals surface area contributed by atoms with E-state index in [-0.39, 0.29) is 25.7 Å². The van der Waals surface area contributed by atoms with Gasteiger partial charge in [-0.2, -0.15) is 0 Å². The van der Waals surface area contributed by atoms with Gasteiger partial charge in [-0.25, -0.2) is 9.13 Å². The number of hydrogen-bond acceptors (Lipinski definition) is 15. The van der Waals surface area contributed by atoms with Crippen LogP contribution in [0.25, 0.3) is 0 Å². The van der Waals surface area contributed by atoms with Crippen LogP contribution in [0.1, 0.15) is 357 Å². The van der Waals surface area contributed by atoms with Crippen molar-refractivity contribution in [3.05, 3.63) is 0 Å². The first-order chi connectivity index (χ1) is 43.2. The first-order valence-corrected chi connectivity index (χ1v) is 39.8. The molecule has 0 amide bonds. The lowest BCUT2D eigenvalue weighted by Crippen LogP contribution is -2.30. The maximum absolute atomic E-state index is 13.0. The smallest absolute Gasteiger partial charge is 0.462 e. The molecule has 0 fully saturated rings. The standard InChI is InChI=1S/C71H138O17P2/c1-8-9-10-11-12-13-16-23-31-38-45-52-68(73)81-59-67(88-71(76)55-48-41-34-27-26-30-37-44-51-64(6)7)61-86-90(79,80)84-57-65(72)56-83-89(77,78)85-60-66(58-82-69(74)53-46-39-32-24-20-19-22-29-36-43-50-63(4)5)87-70(75)54-47-40-33-25-18-15-14-17-21-28-35-42-49-62(2)3/h62-67,72H,8-61H2,1-7H3,(H,77,78)(H,79,80)/t65-,66-,67-/m1/s1. The van der Waals surface area contributed by atoms with E-state index >= 15 is 0 Å². The van der Waals surface area contributed by atoms with Gasteiger partial charge in [0.2, 0.25) is 0 Å². The molecule has 0 spiro atoms. The summed E-state index contributed by atoms with van der Waals surface area (Å²) in [7, 11) is -9.90. The van der Waals surface area contributed by atoms with E-state index in [0.717, 1.165) is 108 Å². The molecule has 0 aliphatic heterocycles. The molecule has 0 aliphatic carbocycles. The fraction of sp³-hybridized carbons (Fsp3) is 0.944. The van der Waals surface area contributed by atoms with Gasteiger partial charge in [0, 0.05) is 25.7 Å². The second-order valence-corrected chi connectivity index (χ2v) is 30.0. The quantitative estimate of drug-likeness (QED) is 0.0222. The van der Waals surface area contributed by atoms with E-state index in [9.17, 15) is 43.2 Å². The molecule has 0 radical (unpaired) electrons. The van der Waals surface area contributed by atoms with Gasteiger partial charge >= 0.3 is 39.5 Å². The summed E-state index contributed by atoms with van der Waals surface area (Å²) in [4.78, 5) is 72.6. The molecule has 3 N–H and O–H groups in total. The minimum Gasteiger partial charge on any atom is -0.462 e. The van der Waals surface area contributed by atoms with Gasteiger partial charge in [-0.05, 0) is 43.4 Å². The van der Waals surface area contributed by atoms with Gasteiger partial charge in [-0.15, -0.1) is 0 Å². The van der Waals surface area contributed by atoms with Crippen molar-refractivity contribution in [1.29, 1.82) is 0 Å². The fourth-order valence-corrected chi connectivity index (χ4v) is 12.3. The summed E-state index contributed by atoms with van der Waals surface area (Å²) >= 11 is 0. The average molecular weight is 1330 g/mol. The number of ether oxygens (including phenoxy) is 4. The fourth-order valence-electron chi connectivity index (χ4n) is 10.7. The van der Waals surface area contributed by atoms with Gasteiger partial charge in [-0.1, -0.05) is 305 Å². The minimum atomic E-state index is -4.95. The summed E-state index contributed by atoms with van der Waals surface area (Å²) in [5.41, 5.74) is 0. The highest BCUT2D eigenvalue weighted by atomic mass is 31.2. The highest BCUT2D eigenvalue weighted by Crippen LogP contribution is 2.45. The van der Waals surface area contributed by atoms with Gasteiger partial charge in [-0.3, -0.25) is 37.3 Å². The molecule has 0 bridgehead atoms. The molecule has 5 atom stereocenters. The van der Waals surface area contributed by atoms with Crippen molar-refractivity contribution in [2.75, 3.05) is 39.6 Å². The van der Waals surface area contributed by atoms with Gasteiger partial charge in [0.25, 0.3) is 0 Å². The third kappa shape index (κ3) is 64.8. The van der Waals surface area contributed by atoms with E-state index < -0.39 is 97.5 Å². The van der Waals surface area contributed by atoms with Crippen LogP contribution in [0.2, 0.25) is 0 Å². The van der Waals surface area contributed by atoms with E-state index in [1.807, 2.05) is 0 Å². The Kier molecular flexibility index (Phi) is 60.6. The number of unbranched alkanes of at least 4 members (excludes halogenated alkanes) is 37. The molecule has 0 saturated carbocycles. The third-order valence-electron chi connectivity index (χ3n) is 16.4. The summed E-state index contributed by atoms with van der Waals surface area (Å²) in [6, 6.07) is 0. The summed E-state index contributed by atoms with van der Waals surface area (Å²) in [5, 5.41) is 10.6. The summed E-state index contributed by atoms with van der Waals surface area (Å²) < 4.78 is 68.3. The number of carbonyl (C=O) groups is 4. The maximum atomic E-state index is 13.0. The predicted molar refractivity (Wildman–Crippen MR) is 363 cm³/mol. The van der Waals surface area contributed by atoms with Crippen molar-refractivity contribution < 1.29 is 80.2 Å². The van der Waals surface area contributed by atoms with Crippen molar-refractivity contribution >= 4 is 39.5 Å². The molecule has 0 rings (SSSR count). The van der Waals surface area contributed by atoms with Crippen LogP contribution in [0.4, 0.5) is 0 Å². The molecule has 534 valence electrons. The van der Waals surface area contributed by atoms with E-state index in [0.29, 0.717) is 25.7 Å². The number of aliphatic hydroxyl groups excluding tert-OH is 1. The topological polar surface area (TPSA) is 237 Å². The van der Waals surface area contributed by atoms with Crippen LogP contribution in [0.15, 0.2) is 0 Å². The first kappa shape index (κ1) is 88.1. The number of aliphatic hydroxyl groups is 1. The molecule has 0 aromatic heterocycles. The van der Waals surface area contributed by atoms with Gasteiger partial charge in [0.1, 0.15) is 19.3 Å². The van der Waals surface area contributed by atoms with Crippen LogP contribution in [0, 0.1) is 17.8 Å². The van der Waals surface area contributed by atoms with Gasteiger partial charge < -0.3 is 33.8 Å². The molecule has 0 heterocycles. The Morgan fingerprint density at radius 3 is 0.756 bits per heavy atom. The number of esters is 4. The van der Waals surface area contributed by atoms with E-state index in [1.165, 1.54) is 167 Å². The minimum absolute atomic E-state index is 0.104. The van der Waals surface area contributed by atoms with Crippen LogP contribution in [-0.2, 0) is 65.4 Å². The highest BCUT2D eigenvalue weighted by molar-refractivity contribution is 7.47. The Bertz CT molecular complexity index is 1770. The second-order valence-electron chi connectivity index (χ2n) is 27.1. The molecule has 90 heavy (non-hydrogen) atoms. The van der Waals surface area contributed by atoms with Crippen molar-refractivity contribution in [3.8, 4) is 0 Å². The Labute approximate surface area is 549 Å². The van der Waals surface area contributed by atoms with Gasteiger partial charge in [0.05, 0.1) is 26.4 Å². The van der Waals surface area contributed by atoms with Crippen molar-refractivity contribution in [2.24, 2.45) is 17.8 Å². The number of hydrogen-bond donors (Lipinski definition) is 3. The summed E-state index contributed by atoms with van der Waals surface area (Å²) in [5.74, 6) is 0.128. The lowest BCUT2D eigenvalue weighted by Gasteiger charge is -2.21. The Balaban J connectivity index is 5.26. The molecular weight excluding hydrogens is 1190 g/mol. The van der Waals surface area contributed by atoms with Crippen molar-refractivity contribution in [3.63, 3.8) is 0 Å². The predicted octanol–water partition coefficient (Wildman–Crippen LogP) is 20.2. The Morgan fingerprint density at radius 1 is 0.300 bits per heavy atom. The largest absolute Gasteiger partial charge is 0.472 e. The van der Waals surface area contributed by atoms with Crippen LogP contribution >= 0.6 is 15.6 Å². The van der Waals surface area contributed by atoms with Crippen LogP contribution in [-0.4, -0.2) is 96.7 Å². The normalized spacial score (nSPS) is 14.2. The second kappa shape index (κ2) is 61.9. The van der Waals surface area contributed by atoms with E-state index in [1.54, 1.807) is 0 Å². The maximum Gasteiger partial charge on any atom is 0.472 e. The first-order valence-electron chi connectivity index (χ1n) is 36.8. The summed E-state index contributed by atoms with van der Waals surface area (Å²) in [6.07, 6.45) is 45.7. The molecule has 19 heteroatoms. The molecule has 0 aromatic rings. The molecule has 2 unspecified atom stereocenters. The third-order valence-corrected chi connectivity index (χ3v) is 18.3. The molecule has 17 nitrogen and oxygen atoms in total. The van der Waals surface area contributed by atoms with E-state index in [2.05, 4.69) is 48.5 Å². The van der Waals surface area contributed by atoms with Crippen LogP contribution < -0.4 is 0 Å². The lowest BCUT2D eigenvalue weighted by molar-refractivity contribution is -0.161. The lowest BCUT2D eigenvalue weighted by atomic mass is 10.0. The molecule has 0 saturated heterocycles. The summed E-state index contributed by atoms with van der Waals surface area (Å²) in [6.45, 7) is 11.8. The zero-order valence-electron chi connectivity index (χ0n) is 58.6. The zero-order chi connectivity index (χ0) is 66.6. The number of rotatable bonds is 69. The van der Waals surface area contributed by atoms with Crippen LogP contribution in [0.3, 0.4) is 0 Å². The molecule has 0 aliphatic rings. The SMILES string of the molecule is CCCCCCCCCCCCCC(=O)OC[C@H](COP(=O)(O)OC[C@H](O)COP(=O)(O)OC[C@@H](COC(=O)CCCCCCCCCCCCC(C)C)OC(=O)CCCCCCCCCCCCCCC(C)C)OC(=O)CCCCCCCCCCC(C)C. The Hall–Kier alpha value is -1.94. The number of phosphoric acid groups is 2. The van der Waals surface area contributed by atoms with Gasteiger partial charge in [0.15, 0.2) is 12.2 Å². The highest BCUT2D eigenvalue weighted by Gasteiger charge is 2.30.